The van der Waals surface area contributed by atoms with Gasteiger partial charge < -0.3 is 14.2 Å². The normalized spacial score (nSPS) is 13.0. The number of fused-ring (bicyclic) bond motifs is 1. The highest BCUT2D eigenvalue weighted by Gasteiger charge is 2.19. The number of rotatable bonds is 7. The fourth-order valence-electron chi connectivity index (χ4n) is 2.39. The lowest BCUT2D eigenvalue weighted by atomic mass is 10.4. The van der Waals surface area contributed by atoms with E-state index in [1.54, 1.807) is 7.11 Å². The van der Waals surface area contributed by atoms with E-state index in [-0.39, 0.29) is 5.38 Å². The third kappa shape index (κ3) is 3.27. The number of alkyl halides is 1. The van der Waals surface area contributed by atoms with Crippen LogP contribution >= 0.6 is 11.6 Å². The number of nitrogens with zero attached hydrogens (tertiary/aromatic N) is 5. The second kappa shape index (κ2) is 7.04. The third-order valence-corrected chi connectivity index (χ3v) is 3.81. The zero-order valence-corrected chi connectivity index (χ0v) is 13.8. The molecule has 0 spiro atoms. The van der Waals surface area contributed by atoms with E-state index in [2.05, 4.69) is 38.3 Å². The quantitative estimate of drug-likeness (QED) is 0.735. The molecule has 1 unspecified atom stereocenters. The van der Waals surface area contributed by atoms with E-state index in [0.717, 1.165) is 37.7 Å². The van der Waals surface area contributed by atoms with Gasteiger partial charge in [0.25, 0.3) is 0 Å². The number of hydrogen-bond acceptors (Lipinski definition) is 5. The zero-order valence-electron chi connectivity index (χ0n) is 13.0. The molecule has 6 nitrogen and oxygen atoms in total. The molecule has 7 heteroatoms. The Labute approximate surface area is 130 Å². The second-order valence-corrected chi connectivity index (χ2v) is 5.47. The summed E-state index contributed by atoms with van der Waals surface area (Å²) in [6.45, 7) is 10.0. The molecule has 0 bridgehead atoms. The topological polar surface area (TPSA) is 56.1 Å². The Bertz CT molecular complexity index is 594. The Hall–Kier alpha value is -1.40. The van der Waals surface area contributed by atoms with Gasteiger partial charge in [0.05, 0.1) is 12.5 Å². The van der Waals surface area contributed by atoms with Gasteiger partial charge in [-0.05, 0) is 20.0 Å². The van der Waals surface area contributed by atoms with Crippen molar-refractivity contribution >= 4 is 22.8 Å². The molecule has 0 amide bonds. The molecule has 2 heterocycles. The van der Waals surface area contributed by atoms with E-state index in [4.69, 9.17) is 16.3 Å². The minimum Gasteiger partial charge on any atom is -0.479 e. The van der Waals surface area contributed by atoms with Gasteiger partial charge in [-0.2, -0.15) is 4.98 Å². The van der Waals surface area contributed by atoms with Gasteiger partial charge in [0.2, 0.25) is 5.88 Å². The Morgan fingerprint density at radius 1 is 1.33 bits per heavy atom. The number of methoxy groups -OCH3 is 1. The van der Waals surface area contributed by atoms with Crippen molar-refractivity contribution in [2.75, 3.05) is 26.7 Å². The van der Waals surface area contributed by atoms with Gasteiger partial charge in [-0.15, -0.1) is 11.6 Å². The monoisotopic (exact) mass is 311 g/mol. The average Bonchev–Trinajstić information content (AvgIpc) is 2.87. The van der Waals surface area contributed by atoms with Crippen molar-refractivity contribution in [3.05, 3.63) is 12.2 Å². The van der Waals surface area contributed by atoms with Crippen LogP contribution in [0.1, 0.15) is 32.0 Å². The summed E-state index contributed by atoms with van der Waals surface area (Å²) < 4.78 is 7.33. The maximum atomic E-state index is 6.27. The van der Waals surface area contributed by atoms with Crippen molar-refractivity contribution in [3.63, 3.8) is 0 Å². The van der Waals surface area contributed by atoms with Crippen LogP contribution in [-0.4, -0.2) is 51.2 Å². The molecule has 2 aromatic heterocycles. The molecule has 0 aliphatic heterocycles. The molecule has 0 aliphatic carbocycles. The second-order valence-electron chi connectivity index (χ2n) is 4.82. The summed E-state index contributed by atoms with van der Waals surface area (Å²) in [5.74, 6) is 1.29. The Morgan fingerprint density at radius 2 is 2.05 bits per heavy atom. The van der Waals surface area contributed by atoms with E-state index in [0.29, 0.717) is 11.4 Å². The van der Waals surface area contributed by atoms with Gasteiger partial charge in [-0.1, -0.05) is 13.8 Å². The van der Waals surface area contributed by atoms with E-state index in [1.807, 2.05) is 6.92 Å². The zero-order chi connectivity index (χ0) is 15.4. The molecule has 0 N–H and O–H groups in total. The maximum Gasteiger partial charge on any atom is 0.245 e. The van der Waals surface area contributed by atoms with Crippen molar-refractivity contribution in [1.82, 2.24) is 24.4 Å². The highest BCUT2D eigenvalue weighted by Crippen LogP contribution is 2.27. The highest BCUT2D eigenvalue weighted by atomic mass is 35.5. The minimum absolute atomic E-state index is 0.194. The summed E-state index contributed by atoms with van der Waals surface area (Å²) in [5, 5.41) is -0.194. The first-order chi connectivity index (χ1) is 10.1. The van der Waals surface area contributed by atoms with Gasteiger partial charge >= 0.3 is 0 Å². The molecule has 21 heavy (non-hydrogen) atoms. The van der Waals surface area contributed by atoms with Crippen LogP contribution in [0.15, 0.2) is 6.33 Å². The molecule has 0 radical (unpaired) electrons. The molecule has 1 atom stereocenters. The van der Waals surface area contributed by atoms with Crippen molar-refractivity contribution < 1.29 is 4.74 Å². The first kappa shape index (κ1) is 16.0. The molecular weight excluding hydrogens is 290 g/mol. The smallest absolute Gasteiger partial charge is 0.245 e. The highest BCUT2D eigenvalue weighted by molar-refractivity contribution is 6.20. The number of aromatic nitrogens is 4. The van der Waals surface area contributed by atoms with Crippen LogP contribution in [0.4, 0.5) is 0 Å². The SMILES string of the molecule is CCN(CC)CCn1c(C(C)Cl)nc2c(OC)ncnc21. The van der Waals surface area contributed by atoms with Gasteiger partial charge in [0.1, 0.15) is 12.2 Å². The largest absolute Gasteiger partial charge is 0.479 e. The minimum atomic E-state index is -0.194. The lowest BCUT2D eigenvalue weighted by Gasteiger charge is -2.19. The number of ether oxygens (including phenoxy) is 1. The average molecular weight is 312 g/mol. The standard InChI is InChI=1S/C14H22ClN5O/c1-5-19(6-2)7-8-20-12(10(3)15)18-11-13(20)16-9-17-14(11)21-4/h9-10H,5-8H2,1-4H3. The predicted molar refractivity (Wildman–Crippen MR) is 83.9 cm³/mol. The molecule has 0 aliphatic rings. The maximum absolute atomic E-state index is 6.27. The summed E-state index contributed by atoms with van der Waals surface area (Å²) in [6.07, 6.45) is 1.50. The van der Waals surface area contributed by atoms with E-state index in [1.165, 1.54) is 6.33 Å². The van der Waals surface area contributed by atoms with E-state index < -0.39 is 0 Å². The summed E-state index contributed by atoms with van der Waals surface area (Å²) in [7, 11) is 1.58. The van der Waals surface area contributed by atoms with Crippen LogP contribution in [0.5, 0.6) is 5.88 Å². The third-order valence-electron chi connectivity index (χ3n) is 3.61. The fourth-order valence-corrected chi connectivity index (χ4v) is 2.55. The fraction of sp³-hybridized carbons (Fsp3) is 0.643. The van der Waals surface area contributed by atoms with Gasteiger partial charge in [0.15, 0.2) is 11.2 Å². The van der Waals surface area contributed by atoms with Gasteiger partial charge in [-0.25, -0.2) is 9.97 Å². The number of likely N-dealkylation sites (N-methyl/N-ethyl adjacent to an activating group) is 1. The molecule has 2 rings (SSSR count). The number of imidazole rings is 1. The number of hydrogen-bond donors (Lipinski definition) is 0. The first-order valence-corrected chi connectivity index (χ1v) is 7.67. The molecule has 0 saturated heterocycles. The van der Waals surface area contributed by atoms with Crippen LogP contribution < -0.4 is 4.74 Å². The van der Waals surface area contributed by atoms with Crippen molar-refractivity contribution in [3.8, 4) is 5.88 Å². The Kier molecular flexibility index (Phi) is 5.36. The Morgan fingerprint density at radius 3 is 2.62 bits per heavy atom. The van der Waals surface area contributed by atoms with Crippen LogP contribution in [0.3, 0.4) is 0 Å². The van der Waals surface area contributed by atoms with Crippen LogP contribution in [0, 0.1) is 0 Å². The van der Waals surface area contributed by atoms with Crippen LogP contribution in [0.25, 0.3) is 11.2 Å². The summed E-state index contributed by atoms with van der Waals surface area (Å²) in [5.41, 5.74) is 1.44. The van der Waals surface area contributed by atoms with Crippen molar-refractivity contribution in [1.29, 1.82) is 0 Å². The number of halogens is 1. The molecule has 0 fully saturated rings. The molecule has 0 aromatic carbocycles. The molecule has 2 aromatic rings. The molecule has 0 saturated carbocycles. The van der Waals surface area contributed by atoms with E-state index in [9.17, 15) is 0 Å². The summed E-state index contributed by atoms with van der Waals surface area (Å²) >= 11 is 6.27. The van der Waals surface area contributed by atoms with Crippen molar-refractivity contribution in [2.45, 2.75) is 32.7 Å². The lowest BCUT2D eigenvalue weighted by molar-refractivity contribution is 0.290. The van der Waals surface area contributed by atoms with E-state index >= 15 is 0 Å². The predicted octanol–water partition coefficient (Wildman–Crippen LogP) is 2.48. The molecule has 116 valence electrons. The lowest BCUT2D eigenvalue weighted by Crippen LogP contribution is -2.27. The Balaban J connectivity index is 2.42. The summed E-state index contributed by atoms with van der Waals surface area (Å²) in [6, 6.07) is 0. The molecular formula is C14H22ClN5O. The van der Waals surface area contributed by atoms with Crippen LogP contribution in [-0.2, 0) is 6.54 Å². The summed E-state index contributed by atoms with van der Waals surface area (Å²) in [4.78, 5) is 15.4. The van der Waals surface area contributed by atoms with Gasteiger partial charge in [0, 0.05) is 13.1 Å². The van der Waals surface area contributed by atoms with Gasteiger partial charge in [-0.3, -0.25) is 0 Å². The van der Waals surface area contributed by atoms with Crippen molar-refractivity contribution in [2.24, 2.45) is 0 Å². The van der Waals surface area contributed by atoms with Crippen LogP contribution in [0.2, 0.25) is 0 Å². The first-order valence-electron chi connectivity index (χ1n) is 7.23.